The molecule has 0 unspecified atom stereocenters. The molecule has 28 heteroatoms. The van der Waals surface area contributed by atoms with E-state index >= 15 is 0 Å². The summed E-state index contributed by atoms with van der Waals surface area (Å²) >= 11 is 26.7. The number of benzene rings is 4. The number of nitrogens with one attached hydrogen (secondary N) is 1. The number of H-pyrrole nitrogens is 1. The van der Waals surface area contributed by atoms with E-state index in [0.29, 0.717) is 75.7 Å². The minimum atomic E-state index is -0.981. The second kappa shape index (κ2) is 45.7. The minimum absolute atomic E-state index is 0. The van der Waals surface area contributed by atoms with Crippen molar-refractivity contribution in [2.45, 2.75) is 80.8 Å². The fourth-order valence-electron chi connectivity index (χ4n) is 5.98. The Morgan fingerprint density at radius 2 is 0.920 bits per heavy atom. The molecule has 22 nitrogen and oxygen atoms in total. The molecular weight excluding hydrogens is 1270 g/mol. The number of nitrogens with zero attached hydrogens (tertiary/aromatic N) is 11. The van der Waals surface area contributed by atoms with Crippen molar-refractivity contribution < 1.29 is 67.9 Å². The summed E-state index contributed by atoms with van der Waals surface area (Å²) < 4.78 is 19.2. The molecule has 0 saturated heterocycles. The monoisotopic (exact) mass is 1330 g/mol. The second-order valence-corrected chi connectivity index (χ2v) is 19.3. The molecule has 8 aromatic rings. The fourth-order valence-corrected chi connectivity index (χ4v) is 6.92. The maximum Gasteiger partial charge on any atom is 1.00 e. The van der Waals surface area contributed by atoms with Gasteiger partial charge in [-0.05, 0) is 90.1 Å². The Hall–Kier alpha value is -7.56. The van der Waals surface area contributed by atoms with Gasteiger partial charge in [0.1, 0.15) is 25.3 Å². The summed E-state index contributed by atoms with van der Waals surface area (Å²) in [6.45, 7) is 12.7. The van der Waals surface area contributed by atoms with Gasteiger partial charge in [0.05, 0.1) is 39.0 Å². The van der Waals surface area contributed by atoms with Gasteiger partial charge < -0.3 is 29.9 Å². The molecule has 0 radical (unpaired) electrons. The van der Waals surface area contributed by atoms with E-state index in [0.717, 1.165) is 34.2 Å². The van der Waals surface area contributed by atoms with Gasteiger partial charge in [-0.1, -0.05) is 143 Å². The molecular formula is C59H68BrCl4LiN12O10. The van der Waals surface area contributed by atoms with Crippen LogP contribution in [0.4, 0.5) is 0 Å². The summed E-state index contributed by atoms with van der Waals surface area (Å²) in [5.41, 5.74) is 3.47. The van der Waals surface area contributed by atoms with E-state index in [4.69, 9.17) is 66.1 Å². The molecule has 87 heavy (non-hydrogen) atoms. The summed E-state index contributed by atoms with van der Waals surface area (Å²) in [5.74, 6) is 0.497. The maximum absolute atomic E-state index is 11.3. The van der Waals surface area contributed by atoms with Crippen molar-refractivity contribution in [3.63, 3.8) is 0 Å². The Bertz CT molecular complexity index is 3370. The van der Waals surface area contributed by atoms with Gasteiger partial charge in [-0.3, -0.25) is 5.10 Å². The van der Waals surface area contributed by atoms with Crippen molar-refractivity contribution >= 4 is 86.2 Å². The van der Waals surface area contributed by atoms with Crippen LogP contribution in [-0.2, 0) is 53.0 Å². The topological polar surface area (TPSA) is 300 Å². The van der Waals surface area contributed by atoms with Crippen LogP contribution < -0.4 is 18.9 Å². The zero-order chi connectivity index (χ0) is 61.7. The van der Waals surface area contributed by atoms with Gasteiger partial charge in [0.25, 0.3) is 0 Å². The van der Waals surface area contributed by atoms with Crippen molar-refractivity contribution in [2.75, 3.05) is 18.5 Å². The van der Waals surface area contributed by atoms with Crippen molar-refractivity contribution in [3.8, 4) is 45.6 Å². The van der Waals surface area contributed by atoms with Gasteiger partial charge in [-0.15, -0.1) is 0 Å². The SMILES string of the molecule is C.CC(C)O.CC(C)OC(=O)/C=C/Cn1cnc(-c2cccc(Cl)c2)n1.CCOC(=O)/C=C/CBr.CCOC(=O)/C=C/Cn1cnc(-c2cccc(Cl)c2)n1.Clc1cccc(-c2ncn[nH]2)c1.O=C(O)/C=C/Cn1cnc(-c2cccc(Cl)c2)n1.[Li+].[OH-]. The molecule has 0 aliphatic rings. The number of aliphatic hydroxyl groups excluding tert-OH is 1. The van der Waals surface area contributed by atoms with E-state index < -0.39 is 5.97 Å². The van der Waals surface area contributed by atoms with E-state index in [2.05, 4.69) is 66.1 Å². The Morgan fingerprint density at radius 3 is 1.24 bits per heavy atom. The number of hydrogen-bond donors (Lipinski definition) is 3. The Morgan fingerprint density at radius 1 is 0.575 bits per heavy atom. The van der Waals surface area contributed by atoms with Crippen LogP contribution in [0.5, 0.6) is 0 Å². The average molecular weight is 1330 g/mol. The number of aliphatic carboxylic acids is 1. The number of esters is 3. The molecule has 8 rings (SSSR count). The van der Waals surface area contributed by atoms with Crippen LogP contribution >= 0.6 is 62.3 Å². The standard InChI is InChI=1S/C15H16ClN3O2.C14H14ClN3O2.C12H10ClN3O2.C8H6ClN3.C6H9BrO2.C3H8O.CH4.Li.H2O/c1-11(2)21-14(20)7-4-8-19-10-17-15(18-19)12-5-3-6-13(16)9-12;1-2-20-13(19)7-4-8-18-10-16-14(17-18)11-5-3-6-12(15)9-11;13-10-4-1-3-9(7-10)12-14-8-16(15-12)6-2-5-11(17)18;9-7-3-1-2-6(4-7)8-10-5-11-12-8;1-2-9-6(8)4-3-5-7;1-3(2)4;;;/h3-7,9-11H,8H2,1-2H3;3-7,9-10H,2,8H2,1H3;1-5,7-8H,6H2,(H,17,18);1-5H,(H,10,11,12);3-4H,2,5H2,1H3;3-4H,1-2H3;1H4;;1H2/q;;;;;;;+1;/p-1/b2*7-4+;5-2+;;4-3+;;;;. The normalized spacial score (nSPS) is 10.3. The van der Waals surface area contributed by atoms with Gasteiger partial charge in [-0.25, -0.2) is 53.2 Å². The molecule has 0 amide bonds. The second-order valence-electron chi connectivity index (χ2n) is 16.9. The number of rotatable bonds is 18. The summed E-state index contributed by atoms with van der Waals surface area (Å²) in [5, 5.41) is 39.2. The number of aromatic nitrogens is 12. The quantitative estimate of drug-likeness (QED) is 0.0237. The van der Waals surface area contributed by atoms with Crippen molar-refractivity contribution in [1.82, 2.24) is 59.5 Å². The number of ether oxygens (including phenoxy) is 3. The summed E-state index contributed by atoms with van der Waals surface area (Å²) in [6, 6.07) is 29.4. The summed E-state index contributed by atoms with van der Waals surface area (Å²) in [7, 11) is 0. The number of carboxylic acid groups (broad SMARTS) is 1. The summed E-state index contributed by atoms with van der Waals surface area (Å²) in [4.78, 5) is 59.8. The predicted octanol–water partition coefficient (Wildman–Crippen LogP) is 9.54. The minimum Gasteiger partial charge on any atom is -0.870 e. The number of aromatic amines is 1. The molecule has 0 atom stereocenters. The van der Waals surface area contributed by atoms with Gasteiger partial charge in [0.15, 0.2) is 23.3 Å². The third kappa shape index (κ3) is 35.0. The molecule has 0 spiro atoms. The molecule has 4 aromatic heterocycles. The van der Waals surface area contributed by atoms with Crippen LogP contribution in [0.25, 0.3) is 45.6 Å². The van der Waals surface area contributed by atoms with Crippen LogP contribution in [0.3, 0.4) is 0 Å². The number of carbonyl (C=O) groups excluding carboxylic acids is 3. The van der Waals surface area contributed by atoms with Crippen LogP contribution in [0, 0.1) is 0 Å². The van der Waals surface area contributed by atoms with E-state index in [-0.39, 0.29) is 61.9 Å². The Labute approximate surface area is 545 Å². The number of alkyl halides is 1. The number of halogens is 5. The average Bonchev–Trinajstić information content (AvgIpc) is 3.47. The summed E-state index contributed by atoms with van der Waals surface area (Å²) in [6.07, 6.45) is 17.7. The van der Waals surface area contributed by atoms with Crippen LogP contribution in [-0.4, -0.2) is 130 Å². The third-order valence-electron chi connectivity index (χ3n) is 9.28. The number of carboxylic acids is 1. The third-order valence-corrected chi connectivity index (χ3v) is 10.6. The maximum atomic E-state index is 11.3. The molecule has 0 aliphatic heterocycles. The molecule has 460 valence electrons. The van der Waals surface area contributed by atoms with Crippen LogP contribution in [0.2, 0.25) is 20.1 Å². The molecule has 0 aliphatic carbocycles. The molecule has 0 bridgehead atoms. The van der Waals surface area contributed by atoms with E-state index in [9.17, 15) is 19.2 Å². The predicted molar refractivity (Wildman–Crippen MR) is 337 cm³/mol. The van der Waals surface area contributed by atoms with Gasteiger partial charge in [0, 0.05) is 78.1 Å². The molecule has 4 aromatic carbocycles. The van der Waals surface area contributed by atoms with E-state index in [1.807, 2.05) is 60.7 Å². The fraction of sp³-hybridized carbons (Fsp3) is 0.254. The Balaban J connectivity index is 0.00000106. The zero-order valence-electron chi connectivity index (χ0n) is 48.1. The molecule has 4 heterocycles. The first-order valence-electron chi connectivity index (χ1n) is 25.5. The van der Waals surface area contributed by atoms with Gasteiger partial charge in [0.2, 0.25) is 0 Å². The smallest absolute Gasteiger partial charge is 0.870 e. The van der Waals surface area contributed by atoms with E-state index in [1.54, 1.807) is 129 Å². The largest absolute Gasteiger partial charge is 1.00 e. The molecule has 0 fully saturated rings. The zero-order valence-corrected chi connectivity index (χ0v) is 52.7. The first kappa shape index (κ1) is 79.4. The number of allylic oxidation sites excluding steroid dienone is 4. The van der Waals surface area contributed by atoms with Crippen LogP contribution in [0.15, 0.2) is 171 Å². The van der Waals surface area contributed by atoms with Crippen molar-refractivity contribution in [3.05, 3.63) is 191 Å². The first-order chi connectivity index (χ1) is 40.3. The number of aliphatic hydroxyl groups is 1. The van der Waals surface area contributed by atoms with Crippen molar-refractivity contribution in [2.24, 2.45) is 0 Å². The number of carbonyl (C=O) groups is 4. The van der Waals surface area contributed by atoms with Crippen molar-refractivity contribution in [1.29, 1.82) is 0 Å². The van der Waals surface area contributed by atoms with E-state index in [1.165, 1.54) is 30.6 Å². The van der Waals surface area contributed by atoms with Gasteiger partial charge >= 0.3 is 42.7 Å². The molecule has 4 N–H and O–H groups in total. The Kier molecular flexibility index (Phi) is 41.7. The molecule has 0 saturated carbocycles. The first-order valence-corrected chi connectivity index (χ1v) is 28.2. The van der Waals surface area contributed by atoms with Gasteiger partial charge in [-0.2, -0.15) is 20.4 Å². The van der Waals surface area contributed by atoms with Crippen LogP contribution in [0.1, 0.15) is 49.0 Å². The number of hydrogen-bond acceptors (Lipinski definition) is 17.